The molecule has 2 aromatic carbocycles. The monoisotopic (exact) mass is 494 g/mol. The normalized spacial score (nSPS) is 13.3. The van der Waals surface area contributed by atoms with E-state index in [0.29, 0.717) is 11.3 Å². The van der Waals surface area contributed by atoms with Gasteiger partial charge in [0.15, 0.2) is 11.5 Å². The summed E-state index contributed by atoms with van der Waals surface area (Å²) in [6, 6.07) is 13.9. The van der Waals surface area contributed by atoms with Crippen LogP contribution in [0.15, 0.2) is 67.0 Å². The van der Waals surface area contributed by atoms with Crippen LogP contribution in [-0.4, -0.2) is 34.3 Å². The molecular formula is C24H19FN4O5S. The second kappa shape index (κ2) is 8.93. The van der Waals surface area contributed by atoms with Crippen LogP contribution in [0.3, 0.4) is 0 Å². The highest BCUT2D eigenvalue weighted by Gasteiger charge is 2.37. The second-order valence-electron chi connectivity index (χ2n) is 7.90. The molecule has 0 fully saturated rings. The molecule has 0 spiro atoms. The fourth-order valence-electron chi connectivity index (χ4n) is 3.95. The smallest absolute Gasteiger partial charge is 0.383 e. The number of nitrogens with zero attached hydrogens (tertiary/aromatic N) is 3. The van der Waals surface area contributed by atoms with Crippen LogP contribution >= 0.6 is 0 Å². The molecule has 1 aliphatic heterocycles. The van der Waals surface area contributed by atoms with E-state index >= 15 is 0 Å². The Morgan fingerprint density at radius 2 is 1.83 bits per heavy atom. The third-order valence-electron chi connectivity index (χ3n) is 5.58. The SMILES string of the molecule is O=C1c2c(c(OS(=O)(=O)NCc3ccccn3)c3cccnc3c2O)CN1Cc1ccc(F)cc1. The highest BCUT2D eigenvalue weighted by Crippen LogP contribution is 2.44. The summed E-state index contributed by atoms with van der Waals surface area (Å²) in [7, 11) is -4.33. The van der Waals surface area contributed by atoms with Gasteiger partial charge in [0.2, 0.25) is 0 Å². The van der Waals surface area contributed by atoms with Crippen molar-refractivity contribution >= 4 is 27.1 Å². The van der Waals surface area contributed by atoms with Crippen LogP contribution in [0.4, 0.5) is 4.39 Å². The predicted octanol–water partition coefficient (Wildman–Crippen LogP) is 3.04. The molecule has 1 aliphatic rings. The van der Waals surface area contributed by atoms with Gasteiger partial charge in [-0.2, -0.15) is 13.1 Å². The van der Waals surface area contributed by atoms with Crippen molar-refractivity contribution < 1.29 is 26.9 Å². The largest absolute Gasteiger partial charge is 0.505 e. The minimum Gasteiger partial charge on any atom is -0.505 e. The molecule has 4 aromatic rings. The molecule has 0 radical (unpaired) electrons. The van der Waals surface area contributed by atoms with E-state index in [0.717, 1.165) is 0 Å². The van der Waals surface area contributed by atoms with Gasteiger partial charge in [-0.05, 0) is 42.0 Å². The summed E-state index contributed by atoms with van der Waals surface area (Å²) >= 11 is 0. The van der Waals surface area contributed by atoms with Gasteiger partial charge in [-0.15, -0.1) is 0 Å². The lowest BCUT2D eigenvalue weighted by molar-refractivity contribution is 0.0764. The van der Waals surface area contributed by atoms with E-state index in [4.69, 9.17) is 4.18 Å². The zero-order chi connectivity index (χ0) is 24.6. The lowest BCUT2D eigenvalue weighted by Crippen LogP contribution is -2.28. The highest BCUT2D eigenvalue weighted by molar-refractivity contribution is 7.85. The maximum Gasteiger partial charge on any atom is 0.383 e. The molecular weight excluding hydrogens is 475 g/mol. The number of hydrogen-bond donors (Lipinski definition) is 2. The van der Waals surface area contributed by atoms with Crippen LogP contribution in [0.1, 0.15) is 27.2 Å². The number of carbonyl (C=O) groups excluding carboxylic acids is 1. The topological polar surface area (TPSA) is 122 Å². The molecule has 0 saturated heterocycles. The summed E-state index contributed by atoms with van der Waals surface area (Å²) in [4.78, 5) is 22.8. The first-order valence-corrected chi connectivity index (χ1v) is 12.0. The molecule has 2 N–H and O–H groups in total. The number of rotatable bonds is 7. The van der Waals surface area contributed by atoms with Crippen LogP contribution in [0.25, 0.3) is 10.9 Å². The number of amides is 1. The maximum atomic E-state index is 13.3. The van der Waals surface area contributed by atoms with E-state index in [9.17, 15) is 22.7 Å². The molecule has 178 valence electrons. The summed E-state index contributed by atoms with van der Waals surface area (Å²) in [6.45, 7) is 0.00536. The summed E-state index contributed by atoms with van der Waals surface area (Å²) in [6.07, 6.45) is 2.96. The number of pyridine rings is 2. The molecule has 0 unspecified atom stereocenters. The maximum absolute atomic E-state index is 13.3. The van der Waals surface area contributed by atoms with Crippen molar-refractivity contribution in [2.24, 2.45) is 0 Å². The number of benzene rings is 2. The Balaban J connectivity index is 1.51. The highest BCUT2D eigenvalue weighted by atomic mass is 32.2. The van der Waals surface area contributed by atoms with Gasteiger partial charge in [0, 0.05) is 29.9 Å². The molecule has 3 heterocycles. The number of aromatic nitrogens is 2. The first-order valence-electron chi connectivity index (χ1n) is 10.6. The first kappa shape index (κ1) is 22.7. The van der Waals surface area contributed by atoms with Crippen molar-refractivity contribution in [2.75, 3.05) is 0 Å². The van der Waals surface area contributed by atoms with E-state index in [1.54, 1.807) is 42.5 Å². The molecule has 11 heteroatoms. The molecule has 0 atom stereocenters. The number of nitrogens with one attached hydrogen (secondary N) is 1. The number of fused-ring (bicyclic) bond motifs is 2. The van der Waals surface area contributed by atoms with Gasteiger partial charge < -0.3 is 14.2 Å². The molecule has 9 nitrogen and oxygen atoms in total. The number of phenols is 1. The van der Waals surface area contributed by atoms with Crippen LogP contribution in [-0.2, 0) is 29.9 Å². The molecule has 2 aromatic heterocycles. The van der Waals surface area contributed by atoms with Crippen molar-refractivity contribution in [2.45, 2.75) is 19.6 Å². The van der Waals surface area contributed by atoms with Gasteiger partial charge in [-0.3, -0.25) is 14.8 Å². The van der Waals surface area contributed by atoms with Crippen molar-refractivity contribution in [1.82, 2.24) is 19.6 Å². The Bertz CT molecular complexity index is 1530. The summed E-state index contributed by atoms with van der Waals surface area (Å²) in [5.74, 6) is -1.37. The van der Waals surface area contributed by atoms with Crippen molar-refractivity contribution in [1.29, 1.82) is 0 Å². The van der Waals surface area contributed by atoms with Crippen LogP contribution in [0.5, 0.6) is 11.5 Å². The van der Waals surface area contributed by atoms with Gasteiger partial charge in [-0.1, -0.05) is 18.2 Å². The molecule has 0 aliphatic carbocycles. The summed E-state index contributed by atoms with van der Waals surface area (Å²) in [5.41, 5.74) is 1.34. The Morgan fingerprint density at radius 1 is 1.06 bits per heavy atom. The number of hydrogen-bond acceptors (Lipinski definition) is 7. The fourth-order valence-corrected chi connectivity index (χ4v) is 4.75. The van der Waals surface area contributed by atoms with Crippen LogP contribution in [0, 0.1) is 5.82 Å². The van der Waals surface area contributed by atoms with Crippen molar-refractivity contribution in [3.8, 4) is 11.5 Å². The summed E-state index contributed by atoms with van der Waals surface area (Å²) < 4.78 is 46.7. The van der Waals surface area contributed by atoms with Crippen molar-refractivity contribution in [3.05, 3.63) is 95.2 Å². The van der Waals surface area contributed by atoms with Gasteiger partial charge in [0.05, 0.1) is 24.3 Å². The number of halogens is 1. The van der Waals surface area contributed by atoms with E-state index in [1.165, 1.54) is 29.4 Å². The van der Waals surface area contributed by atoms with Gasteiger partial charge in [0.1, 0.15) is 11.3 Å². The second-order valence-corrected chi connectivity index (χ2v) is 9.26. The average Bonchev–Trinajstić information content (AvgIpc) is 3.18. The van der Waals surface area contributed by atoms with E-state index in [2.05, 4.69) is 14.7 Å². The fraction of sp³-hybridized carbons (Fsp3) is 0.125. The third kappa shape index (κ3) is 4.51. The van der Waals surface area contributed by atoms with Gasteiger partial charge in [-0.25, -0.2) is 4.39 Å². The molecule has 0 bridgehead atoms. The van der Waals surface area contributed by atoms with Crippen LogP contribution < -0.4 is 8.91 Å². The Morgan fingerprint density at radius 3 is 2.57 bits per heavy atom. The molecule has 35 heavy (non-hydrogen) atoms. The zero-order valence-corrected chi connectivity index (χ0v) is 19.0. The van der Waals surface area contributed by atoms with Gasteiger partial charge in [0.25, 0.3) is 5.91 Å². The molecule has 1 amide bonds. The standard InChI is InChI=1S/C24H19FN4O5S/c25-16-8-6-15(7-9-16)13-29-14-19-20(24(29)31)22(30)21-18(5-3-11-27-21)23(19)34-35(32,33)28-12-17-4-1-2-10-26-17/h1-11,28,30H,12-14H2. The predicted molar refractivity (Wildman–Crippen MR) is 124 cm³/mol. The third-order valence-corrected chi connectivity index (χ3v) is 6.46. The quantitative estimate of drug-likeness (QED) is 0.405. The van der Waals surface area contributed by atoms with Crippen LogP contribution in [0.2, 0.25) is 0 Å². The Labute approximate surface area is 200 Å². The first-order chi connectivity index (χ1) is 16.8. The Kier molecular flexibility index (Phi) is 5.79. The van der Waals surface area contributed by atoms with E-state index in [-0.39, 0.29) is 53.2 Å². The van der Waals surface area contributed by atoms with E-state index in [1.807, 2.05) is 0 Å². The summed E-state index contributed by atoms with van der Waals surface area (Å²) in [5, 5.41) is 11.1. The minimum absolute atomic E-state index is 0.0188. The zero-order valence-electron chi connectivity index (χ0n) is 18.2. The van der Waals surface area contributed by atoms with Gasteiger partial charge >= 0.3 is 10.3 Å². The number of phenolic OH excluding ortho intramolecular Hbond substituents is 1. The number of aromatic hydroxyl groups is 1. The molecule has 0 saturated carbocycles. The lowest BCUT2D eigenvalue weighted by Gasteiger charge is -2.16. The van der Waals surface area contributed by atoms with E-state index < -0.39 is 22.0 Å². The Hall–Kier alpha value is -4.09. The van der Waals surface area contributed by atoms with Crippen molar-refractivity contribution in [3.63, 3.8) is 0 Å². The average molecular weight is 495 g/mol. The molecule has 5 rings (SSSR count). The number of carbonyl (C=O) groups is 1. The minimum atomic E-state index is -4.33. The lowest BCUT2D eigenvalue weighted by atomic mass is 10.0.